The molecule has 25 heavy (non-hydrogen) atoms. The van der Waals surface area contributed by atoms with Gasteiger partial charge in [-0.15, -0.1) is 0 Å². The maximum absolute atomic E-state index is 11.7. The molecule has 6 heteroatoms. The Morgan fingerprint density at radius 3 is 1.68 bits per heavy atom. The molecular formula is C19H38N2O3S. The summed E-state index contributed by atoms with van der Waals surface area (Å²) in [6, 6.07) is -0.913. The Balaban J connectivity index is 3.37. The number of thiol groups is 1. The Hall–Kier alpha value is -0.750. The van der Waals surface area contributed by atoms with Crippen LogP contribution in [0.3, 0.4) is 0 Å². The van der Waals surface area contributed by atoms with Crippen LogP contribution in [-0.4, -0.2) is 30.2 Å². The van der Waals surface area contributed by atoms with E-state index in [0.717, 1.165) is 25.8 Å². The summed E-state index contributed by atoms with van der Waals surface area (Å²) < 4.78 is 0. The molecule has 0 aliphatic heterocycles. The van der Waals surface area contributed by atoms with Crippen molar-refractivity contribution in [3.05, 3.63) is 0 Å². The molecule has 4 N–H and O–H groups in total. The van der Waals surface area contributed by atoms with Gasteiger partial charge in [-0.05, 0) is 31.4 Å². The maximum Gasteiger partial charge on any atom is 0.220 e. The van der Waals surface area contributed by atoms with Gasteiger partial charge in [-0.1, -0.05) is 57.8 Å². The van der Waals surface area contributed by atoms with Gasteiger partial charge in [0.25, 0.3) is 0 Å². The number of carbonyl (C=O) groups excluding carboxylic acids is 2. The van der Waals surface area contributed by atoms with Crippen LogP contribution in [0.2, 0.25) is 0 Å². The largest absolute Gasteiger partial charge is 0.548 e. The van der Waals surface area contributed by atoms with E-state index < -0.39 is 12.0 Å². The summed E-state index contributed by atoms with van der Waals surface area (Å²) in [7, 11) is 0. The summed E-state index contributed by atoms with van der Waals surface area (Å²) in [6.45, 7) is 1.06. The Bertz CT molecular complexity index is 341. The van der Waals surface area contributed by atoms with Crippen LogP contribution in [0.4, 0.5) is 0 Å². The van der Waals surface area contributed by atoms with Crippen LogP contribution >= 0.6 is 12.6 Å². The lowest BCUT2D eigenvalue weighted by Gasteiger charge is -2.18. The van der Waals surface area contributed by atoms with E-state index in [9.17, 15) is 14.7 Å². The van der Waals surface area contributed by atoms with Crippen LogP contribution in [-0.2, 0) is 9.59 Å². The SMILES string of the molecule is [NH3+]CCCCCCCCCCCCCCC(=O)NC(CCS)C(=O)[O-]. The third-order valence-electron chi connectivity index (χ3n) is 4.44. The second kappa shape index (κ2) is 18.1. The van der Waals surface area contributed by atoms with Crippen molar-refractivity contribution >= 4 is 24.5 Å². The summed E-state index contributed by atoms with van der Waals surface area (Å²) >= 11 is 3.99. The average Bonchev–Trinajstić information content (AvgIpc) is 2.58. The lowest BCUT2D eigenvalue weighted by molar-refractivity contribution is -0.368. The zero-order chi connectivity index (χ0) is 18.8. The smallest absolute Gasteiger partial charge is 0.220 e. The number of hydrogen-bond acceptors (Lipinski definition) is 4. The molecule has 0 saturated carbocycles. The van der Waals surface area contributed by atoms with Gasteiger partial charge in [-0.25, -0.2) is 0 Å². The number of carboxylic acids is 1. The van der Waals surface area contributed by atoms with Crippen LogP contribution in [0.25, 0.3) is 0 Å². The van der Waals surface area contributed by atoms with Crippen molar-refractivity contribution in [2.45, 2.75) is 95.9 Å². The molecule has 0 fully saturated rings. The summed E-state index contributed by atoms with van der Waals surface area (Å²) in [5.74, 6) is -1.02. The first-order valence-electron chi connectivity index (χ1n) is 10.0. The van der Waals surface area contributed by atoms with Crippen LogP contribution in [0.1, 0.15) is 89.9 Å². The van der Waals surface area contributed by atoms with E-state index in [2.05, 4.69) is 23.7 Å². The molecule has 1 atom stereocenters. The van der Waals surface area contributed by atoms with Gasteiger partial charge in [-0.2, -0.15) is 12.6 Å². The van der Waals surface area contributed by atoms with Crippen molar-refractivity contribution in [3.63, 3.8) is 0 Å². The van der Waals surface area contributed by atoms with E-state index in [4.69, 9.17) is 0 Å². The van der Waals surface area contributed by atoms with Gasteiger partial charge in [0.1, 0.15) is 0 Å². The lowest BCUT2D eigenvalue weighted by Crippen LogP contribution is -2.50. The van der Waals surface area contributed by atoms with Crippen molar-refractivity contribution in [1.29, 1.82) is 0 Å². The average molecular weight is 375 g/mol. The van der Waals surface area contributed by atoms with Crippen molar-refractivity contribution in [1.82, 2.24) is 5.32 Å². The number of carboxylic acid groups (broad SMARTS) is 1. The number of unbranched alkanes of at least 4 members (excludes halogenated alkanes) is 11. The van der Waals surface area contributed by atoms with Crippen molar-refractivity contribution in [3.8, 4) is 0 Å². The topological polar surface area (TPSA) is 96.9 Å². The molecule has 5 nitrogen and oxygen atoms in total. The van der Waals surface area contributed by atoms with Crippen molar-refractivity contribution in [2.24, 2.45) is 0 Å². The lowest BCUT2D eigenvalue weighted by atomic mass is 10.0. The first kappa shape index (κ1) is 24.2. The van der Waals surface area contributed by atoms with E-state index in [1.54, 1.807) is 0 Å². The number of hydrogen-bond donors (Lipinski definition) is 3. The molecular weight excluding hydrogens is 336 g/mol. The summed E-state index contributed by atoms with van der Waals surface area (Å²) in [4.78, 5) is 22.6. The molecule has 1 unspecified atom stereocenters. The second-order valence-electron chi connectivity index (χ2n) is 6.80. The standard InChI is InChI=1S/C19H38N2O3S/c20-15-12-10-8-6-4-2-1-3-5-7-9-11-13-18(22)21-17(14-16-25)19(23)24/h17,25H,1-16,20H2,(H,21,22)(H,23,24). The minimum atomic E-state index is -1.23. The molecule has 0 saturated heterocycles. The quantitative estimate of drug-likeness (QED) is 0.252. The highest BCUT2D eigenvalue weighted by molar-refractivity contribution is 7.80. The molecule has 0 radical (unpaired) electrons. The fourth-order valence-corrected chi connectivity index (χ4v) is 3.13. The van der Waals surface area contributed by atoms with E-state index in [1.807, 2.05) is 0 Å². The number of nitrogens with one attached hydrogen (secondary N) is 1. The highest BCUT2D eigenvalue weighted by Crippen LogP contribution is 2.12. The molecule has 0 rings (SSSR count). The molecule has 0 aromatic carbocycles. The van der Waals surface area contributed by atoms with E-state index >= 15 is 0 Å². The highest BCUT2D eigenvalue weighted by atomic mass is 32.1. The number of aliphatic carboxylic acids is 1. The third kappa shape index (κ3) is 16.5. The molecule has 148 valence electrons. The molecule has 0 aliphatic carbocycles. The molecule has 0 bridgehead atoms. The molecule has 0 aliphatic rings. The third-order valence-corrected chi connectivity index (χ3v) is 4.70. The van der Waals surface area contributed by atoms with E-state index in [0.29, 0.717) is 18.6 Å². The number of amides is 1. The zero-order valence-electron chi connectivity index (χ0n) is 15.8. The monoisotopic (exact) mass is 374 g/mol. The predicted octanol–water partition coefficient (Wildman–Crippen LogP) is 1.85. The maximum atomic E-state index is 11.7. The number of quaternary nitrogens is 1. The van der Waals surface area contributed by atoms with Crippen LogP contribution in [0, 0.1) is 0 Å². The first-order chi connectivity index (χ1) is 12.1. The van der Waals surface area contributed by atoms with E-state index in [1.165, 1.54) is 57.8 Å². The first-order valence-corrected chi connectivity index (χ1v) is 10.7. The van der Waals surface area contributed by atoms with Gasteiger partial charge in [0.2, 0.25) is 5.91 Å². The van der Waals surface area contributed by atoms with Gasteiger partial charge in [0, 0.05) is 6.42 Å². The van der Waals surface area contributed by atoms with E-state index in [-0.39, 0.29) is 5.91 Å². The fourth-order valence-electron chi connectivity index (χ4n) is 2.87. The van der Waals surface area contributed by atoms with Gasteiger partial charge in [0.15, 0.2) is 0 Å². The second-order valence-corrected chi connectivity index (χ2v) is 7.24. The van der Waals surface area contributed by atoms with Gasteiger partial charge in [-0.3, -0.25) is 4.79 Å². The predicted molar refractivity (Wildman–Crippen MR) is 103 cm³/mol. The normalized spacial score (nSPS) is 12.1. The minimum Gasteiger partial charge on any atom is -0.548 e. The van der Waals surface area contributed by atoms with Crippen molar-refractivity contribution < 1.29 is 20.4 Å². The number of rotatable bonds is 18. The van der Waals surface area contributed by atoms with Crippen molar-refractivity contribution in [2.75, 3.05) is 12.3 Å². The fraction of sp³-hybridized carbons (Fsp3) is 0.895. The highest BCUT2D eigenvalue weighted by Gasteiger charge is 2.12. The summed E-state index contributed by atoms with van der Waals surface area (Å²) in [5, 5.41) is 13.4. The zero-order valence-corrected chi connectivity index (χ0v) is 16.7. The Labute approximate surface area is 158 Å². The van der Waals surface area contributed by atoms with Gasteiger partial charge in [0.05, 0.1) is 18.6 Å². The molecule has 0 aromatic rings. The van der Waals surface area contributed by atoms with Crippen LogP contribution < -0.4 is 16.2 Å². The van der Waals surface area contributed by atoms with Gasteiger partial charge < -0.3 is 21.0 Å². The van der Waals surface area contributed by atoms with Crippen LogP contribution in [0.5, 0.6) is 0 Å². The Morgan fingerprint density at radius 1 is 0.840 bits per heavy atom. The van der Waals surface area contributed by atoms with Crippen LogP contribution in [0.15, 0.2) is 0 Å². The molecule has 0 heterocycles. The minimum absolute atomic E-state index is 0.199. The Morgan fingerprint density at radius 2 is 1.28 bits per heavy atom. The molecule has 0 spiro atoms. The molecule has 1 amide bonds. The van der Waals surface area contributed by atoms with Gasteiger partial charge >= 0.3 is 0 Å². The summed E-state index contributed by atoms with van der Waals surface area (Å²) in [5.41, 5.74) is 3.86. The number of carbonyl (C=O) groups is 2. The molecule has 0 aromatic heterocycles. The summed E-state index contributed by atoms with van der Waals surface area (Å²) in [6.07, 6.45) is 15.5. The Kier molecular flexibility index (Phi) is 17.5.